The van der Waals surface area contributed by atoms with Crippen molar-refractivity contribution >= 4 is 12.0 Å². The Bertz CT molecular complexity index is 610. The molecule has 0 amide bonds. The van der Waals surface area contributed by atoms with Crippen LogP contribution in [0.1, 0.15) is 15.9 Å². The minimum absolute atomic E-state index is 0.0183. The van der Waals surface area contributed by atoms with Crippen molar-refractivity contribution in [1.29, 1.82) is 0 Å². The molecule has 0 N–H and O–H groups in total. The number of carbonyl (C=O) groups excluding carboxylic acids is 1. The third-order valence-electron chi connectivity index (χ3n) is 2.56. The lowest BCUT2D eigenvalue weighted by molar-refractivity contribution is -0.384. The molecule has 0 aliphatic heterocycles. The van der Waals surface area contributed by atoms with Gasteiger partial charge in [0.1, 0.15) is 12.4 Å². The Labute approximate surface area is 109 Å². The van der Waals surface area contributed by atoms with Gasteiger partial charge in [-0.25, -0.2) is 0 Å². The molecule has 0 saturated heterocycles. The van der Waals surface area contributed by atoms with Crippen molar-refractivity contribution < 1.29 is 14.5 Å². The number of nitro benzene ring substituents is 1. The van der Waals surface area contributed by atoms with Crippen LogP contribution in [0, 0.1) is 10.1 Å². The SMILES string of the molecule is O=Cc1ccccc1OCc1cccc([N+](=O)[O-])c1. The van der Waals surface area contributed by atoms with E-state index in [4.69, 9.17) is 4.74 Å². The van der Waals surface area contributed by atoms with Crippen molar-refractivity contribution in [1.82, 2.24) is 0 Å². The predicted octanol–water partition coefficient (Wildman–Crippen LogP) is 2.99. The van der Waals surface area contributed by atoms with Crippen LogP contribution in [-0.2, 0) is 6.61 Å². The number of carbonyl (C=O) groups is 1. The van der Waals surface area contributed by atoms with Gasteiger partial charge in [-0.1, -0.05) is 24.3 Å². The van der Waals surface area contributed by atoms with E-state index in [-0.39, 0.29) is 12.3 Å². The van der Waals surface area contributed by atoms with Crippen molar-refractivity contribution in [2.75, 3.05) is 0 Å². The Balaban J connectivity index is 2.12. The van der Waals surface area contributed by atoms with Crippen LogP contribution in [0.25, 0.3) is 0 Å². The quantitative estimate of drug-likeness (QED) is 0.469. The van der Waals surface area contributed by atoms with E-state index in [2.05, 4.69) is 0 Å². The Morgan fingerprint density at radius 1 is 1.16 bits per heavy atom. The van der Waals surface area contributed by atoms with Crippen LogP contribution in [0.2, 0.25) is 0 Å². The number of hydrogen-bond donors (Lipinski definition) is 0. The van der Waals surface area contributed by atoms with Gasteiger partial charge in [0.15, 0.2) is 6.29 Å². The lowest BCUT2D eigenvalue weighted by Crippen LogP contribution is -1.99. The standard InChI is InChI=1S/C14H11NO4/c16-9-12-5-1-2-7-14(12)19-10-11-4-3-6-13(8-11)15(17)18/h1-9H,10H2. The second kappa shape index (κ2) is 5.77. The molecule has 2 rings (SSSR count). The van der Waals surface area contributed by atoms with Crippen LogP contribution in [0.5, 0.6) is 5.75 Å². The predicted molar refractivity (Wildman–Crippen MR) is 69.3 cm³/mol. The minimum Gasteiger partial charge on any atom is -0.488 e. The number of nitrogens with zero attached hydrogens (tertiary/aromatic N) is 1. The van der Waals surface area contributed by atoms with Crippen molar-refractivity contribution in [3.05, 3.63) is 69.8 Å². The summed E-state index contributed by atoms with van der Waals surface area (Å²) in [5.74, 6) is 0.462. The molecular formula is C14H11NO4. The summed E-state index contributed by atoms with van der Waals surface area (Å²) in [5.41, 5.74) is 1.15. The normalized spacial score (nSPS) is 9.89. The first-order valence-corrected chi connectivity index (χ1v) is 5.61. The molecule has 0 aliphatic carbocycles. The van der Waals surface area contributed by atoms with Crippen molar-refractivity contribution in [3.63, 3.8) is 0 Å². The molecule has 0 spiro atoms. The molecule has 0 atom stereocenters. The van der Waals surface area contributed by atoms with E-state index in [9.17, 15) is 14.9 Å². The highest BCUT2D eigenvalue weighted by molar-refractivity contribution is 5.79. The number of ether oxygens (including phenoxy) is 1. The molecule has 96 valence electrons. The average Bonchev–Trinajstić information content (AvgIpc) is 2.45. The Hall–Kier alpha value is -2.69. The summed E-state index contributed by atoms with van der Waals surface area (Å²) in [6.45, 7) is 0.173. The zero-order valence-electron chi connectivity index (χ0n) is 9.98. The molecule has 0 heterocycles. The van der Waals surface area contributed by atoms with E-state index in [1.165, 1.54) is 12.1 Å². The van der Waals surface area contributed by atoms with Gasteiger partial charge < -0.3 is 4.74 Å². The lowest BCUT2D eigenvalue weighted by atomic mass is 10.2. The van der Waals surface area contributed by atoms with E-state index in [1.54, 1.807) is 36.4 Å². The molecular weight excluding hydrogens is 246 g/mol. The van der Waals surface area contributed by atoms with E-state index < -0.39 is 4.92 Å². The smallest absolute Gasteiger partial charge is 0.269 e. The summed E-state index contributed by atoms with van der Waals surface area (Å²) in [4.78, 5) is 21.0. The second-order valence-corrected chi connectivity index (χ2v) is 3.87. The maximum absolute atomic E-state index is 10.8. The zero-order chi connectivity index (χ0) is 13.7. The van der Waals surface area contributed by atoms with Gasteiger partial charge in [0, 0.05) is 12.1 Å². The number of para-hydroxylation sites is 1. The van der Waals surface area contributed by atoms with Gasteiger partial charge in [-0.05, 0) is 17.7 Å². The first-order chi connectivity index (χ1) is 9.20. The molecule has 0 radical (unpaired) electrons. The van der Waals surface area contributed by atoms with E-state index in [1.807, 2.05) is 0 Å². The first-order valence-electron chi connectivity index (χ1n) is 5.61. The van der Waals surface area contributed by atoms with Gasteiger partial charge in [0.05, 0.1) is 10.5 Å². The summed E-state index contributed by atoms with van der Waals surface area (Å²) in [6, 6.07) is 13.0. The average molecular weight is 257 g/mol. The zero-order valence-corrected chi connectivity index (χ0v) is 9.98. The molecule has 0 fully saturated rings. The maximum Gasteiger partial charge on any atom is 0.269 e. The molecule has 2 aromatic carbocycles. The summed E-state index contributed by atoms with van der Waals surface area (Å²) in [7, 11) is 0. The molecule has 5 nitrogen and oxygen atoms in total. The summed E-state index contributed by atoms with van der Waals surface area (Å²) >= 11 is 0. The molecule has 2 aromatic rings. The van der Waals surface area contributed by atoms with Gasteiger partial charge in [-0.3, -0.25) is 14.9 Å². The van der Waals surface area contributed by atoms with Crippen LogP contribution in [0.4, 0.5) is 5.69 Å². The van der Waals surface area contributed by atoms with Crippen molar-refractivity contribution in [2.45, 2.75) is 6.61 Å². The highest BCUT2D eigenvalue weighted by Gasteiger charge is 2.07. The molecule has 19 heavy (non-hydrogen) atoms. The van der Waals surface area contributed by atoms with Gasteiger partial charge in [-0.2, -0.15) is 0 Å². The number of non-ortho nitro benzene ring substituents is 1. The maximum atomic E-state index is 10.8. The highest BCUT2D eigenvalue weighted by atomic mass is 16.6. The minimum atomic E-state index is -0.455. The first kappa shape index (κ1) is 12.8. The largest absolute Gasteiger partial charge is 0.488 e. The summed E-state index contributed by atoms with van der Waals surface area (Å²) in [5, 5.41) is 10.6. The van der Waals surface area contributed by atoms with E-state index in [0.717, 1.165) is 0 Å². The summed E-state index contributed by atoms with van der Waals surface area (Å²) in [6.07, 6.45) is 0.711. The fourth-order valence-corrected chi connectivity index (χ4v) is 1.63. The number of benzene rings is 2. The van der Waals surface area contributed by atoms with Crippen LogP contribution in [0.15, 0.2) is 48.5 Å². The van der Waals surface area contributed by atoms with Gasteiger partial charge >= 0.3 is 0 Å². The molecule has 5 heteroatoms. The molecule has 0 unspecified atom stereocenters. The number of nitro groups is 1. The second-order valence-electron chi connectivity index (χ2n) is 3.87. The van der Waals surface area contributed by atoms with Crippen LogP contribution < -0.4 is 4.74 Å². The van der Waals surface area contributed by atoms with Crippen LogP contribution in [-0.4, -0.2) is 11.2 Å². The Morgan fingerprint density at radius 2 is 1.95 bits per heavy atom. The Kier molecular flexibility index (Phi) is 3.87. The van der Waals surface area contributed by atoms with Crippen molar-refractivity contribution in [2.24, 2.45) is 0 Å². The van der Waals surface area contributed by atoms with Gasteiger partial charge in [-0.15, -0.1) is 0 Å². The topological polar surface area (TPSA) is 69.4 Å². The van der Waals surface area contributed by atoms with Crippen LogP contribution in [0.3, 0.4) is 0 Å². The fourth-order valence-electron chi connectivity index (χ4n) is 1.63. The van der Waals surface area contributed by atoms with Crippen molar-refractivity contribution in [3.8, 4) is 5.75 Å². The molecule has 0 bridgehead atoms. The third kappa shape index (κ3) is 3.16. The molecule has 0 aromatic heterocycles. The monoisotopic (exact) mass is 257 g/mol. The van der Waals surface area contributed by atoms with E-state index >= 15 is 0 Å². The third-order valence-corrected chi connectivity index (χ3v) is 2.56. The van der Waals surface area contributed by atoms with Gasteiger partial charge in [0.2, 0.25) is 0 Å². The van der Waals surface area contributed by atoms with E-state index in [0.29, 0.717) is 23.2 Å². The number of hydrogen-bond acceptors (Lipinski definition) is 4. The van der Waals surface area contributed by atoms with Gasteiger partial charge in [0.25, 0.3) is 5.69 Å². The summed E-state index contributed by atoms with van der Waals surface area (Å²) < 4.78 is 5.49. The Morgan fingerprint density at radius 3 is 2.68 bits per heavy atom. The molecule has 0 aliphatic rings. The molecule has 0 saturated carbocycles. The number of rotatable bonds is 5. The fraction of sp³-hybridized carbons (Fsp3) is 0.0714. The van der Waals surface area contributed by atoms with Crippen LogP contribution >= 0.6 is 0 Å². The number of aldehydes is 1. The highest BCUT2D eigenvalue weighted by Crippen LogP contribution is 2.19. The lowest BCUT2D eigenvalue weighted by Gasteiger charge is -2.07.